The first kappa shape index (κ1) is 14.3. The van der Waals surface area contributed by atoms with Crippen LogP contribution in [0, 0.1) is 13.8 Å². The maximum Gasteiger partial charge on any atom is 0.128 e. The lowest BCUT2D eigenvalue weighted by Crippen LogP contribution is -2.47. The highest BCUT2D eigenvalue weighted by Gasteiger charge is 2.33. The van der Waals surface area contributed by atoms with Crippen LogP contribution in [0.15, 0.2) is 12.1 Å². The molecule has 0 fully saturated rings. The van der Waals surface area contributed by atoms with Crippen molar-refractivity contribution in [2.45, 2.75) is 32.9 Å². The molecular formula is C15H23NO3. The largest absolute Gasteiger partial charge is 0.491 e. The molecule has 106 valence electrons. The minimum atomic E-state index is -0.561. The lowest BCUT2D eigenvalue weighted by molar-refractivity contribution is -0.000664. The Kier molecular flexibility index (Phi) is 4.45. The van der Waals surface area contributed by atoms with E-state index in [1.54, 1.807) is 0 Å². The molecule has 0 bridgehead atoms. The van der Waals surface area contributed by atoms with E-state index in [0.29, 0.717) is 13.2 Å². The van der Waals surface area contributed by atoms with Gasteiger partial charge in [0, 0.05) is 12.1 Å². The van der Waals surface area contributed by atoms with Gasteiger partial charge in [-0.1, -0.05) is 19.1 Å². The van der Waals surface area contributed by atoms with Crippen LogP contribution in [0.4, 0.5) is 0 Å². The molecule has 1 aromatic rings. The van der Waals surface area contributed by atoms with Gasteiger partial charge in [-0.25, -0.2) is 0 Å². The van der Waals surface area contributed by atoms with Gasteiger partial charge in [0.1, 0.15) is 18.5 Å². The van der Waals surface area contributed by atoms with E-state index < -0.39 is 6.10 Å². The van der Waals surface area contributed by atoms with Crippen molar-refractivity contribution in [1.82, 2.24) is 4.90 Å². The minimum Gasteiger partial charge on any atom is -0.491 e. The van der Waals surface area contributed by atoms with E-state index in [0.717, 1.165) is 23.4 Å². The van der Waals surface area contributed by atoms with Crippen molar-refractivity contribution < 1.29 is 14.9 Å². The molecule has 4 heteroatoms. The number of benzene rings is 1. The molecular weight excluding hydrogens is 242 g/mol. The fraction of sp³-hybridized carbons (Fsp3) is 0.600. The normalized spacial score (nSPS) is 22.2. The molecule has 19 heavy (non-hydrogen) atoms. The highest BCUT2D eigenvalue weighted by atomic mass is 16.5. The first-order valence-corrected chi connectivity index (χ1v) is 6.86. The zero-order valence-electron chi connectivity index (χ0n) is 11.9. The number of rotatable bonds is 4. The van der Waals surface area contributed by atoms with Gasteiger partial charge in [-0.3, -0.25) is 4.90 Å². The third kappa shape index (κ3) is 2.61. The summed E-state index contributed by atoms with van der Waals surface area (Å²) in [5, 5.41) is 19.7. The number of aryl methyl sites for hydroxylation is 1. The maximum atomic E-state index is 10.6. The molecule has 0 amide bonds. The van der Waals surface area contributed by atoms with Crippen molar-refractivity contribution in [2.75, 3.05) is 26.3 Å². The highest BCUT2D eigenvalue weighted by molar-refractivity contribution is 5.48. The number of hydrogen-bond donors (Lipinski definition) is 2. The summed E-state index contributed by atoms with van der Waals surface area (Å²) < 4.78 is 5.86. The lowest BCUT2D eigenvalue weighted by Gasteiger charge is -2.38. The van der Waals surface area contributed by atoms with Crippen molar-refractivity contribution in [3.8, 4) is 5.75 Å². The van der Waals surface area contributed by atoms with E-state index in [1.165, 1.54) is 5.56 Å². The Morgan fingerprint density at radius 2 is 2.11 bits per heavy atom. The van der Waals surface area contributed by atoms with Gasteiger partial charge in [0.05, 0.1) is 12.6 Å². The maximum absolute atomic E-state index is 10.6. The third-order valence-electron chi connectivity index (χ3n) is 4.05. The van der Waals surface area contributed by atoms with E-state index in [-0.39, 0.29) is 12.6 Å². The predicted octanol–water partition coefficient (Wildman–Crippen LogP) is 1.41. The Morgan fingerprint density at radius 3 is 2.74 bits per heavy atom. The second-order valence-corrected chi connectivity index (χ2v) is 5.10. The Balaban J connectivity index is 2.29. The molecule has 2 N–H and O–H groups in total. The molecule has 1 aliphatic heterocycles. The Bertz CT molecular complexity index is 447. The molecule has 1 aliphatic rings. The number of hydrogen-bond acceptors (Lipinski definition) is 4. The summed E-state index contributed by atoms with van der Waals surface area (Å²) in [6.07, 6.45) is -0.561. The Labute approximate surface area is 114 Å². The molecule has 1 heterocycles. The smallest absolute Gasteiger partial charge is 0.128 e. The van der Waals surface area contributed by atoms with Crippen molar-refractivity contribution in [2.24, 2.45) is 0 Å². The number of nitrogens with zero attached hydrogens (tertiary/aromatic N) is 1. The van der Waals surface area contributed by atoms with Crippen LogP contribution < -0.4 is 4.74 Å². The van der Waals surface area contributed by atoms with Crippen LogP contribution in [0.25, 0.3) is 0 Å². The van der Waals surface area contributed by atoms with Crippen LogP contribution >= 0.6 is 0 Å². The van der Waals surface area contributed by atoms with Gasteiger partial charge in [0.15, 0.2) is 0 Å². The predicted molar refractivity (Wildman–Crippen MR) is 74.5 cm³/mol. The highest BCUT2D eigenvalue weighted by Crippen LogP contribution is 2.37. The molecule has 4 nitrogen and oxygen atoms in total. The van der Waals surface area contributed by atoms with Crippen LogP contribution in [0.1, 0.15) is 29.7 Å². The SMILES string of the molecule is CCN(CCO)C1COc2c(ccc(C)c2C)C1O. The van der Waals surface area contributed by atoms with Crippen molar-refractivity contribution in [3.63, 3.8) is 0 Å². The Morgan fingerprint density at radius 1 is 1.37 bits per heavy atom. The zero-order chi connectivity index (χ0) is 14.0. The number of aliphatic hydroxyl groups is 2. The van der Waals surface area contributed by atoms with Crippen LogP contribution in [0.3, 0.4) is 0 Å². The van der Waals surface area contributed by atoms with Crippen LogP contribution in [0.2, 0.25) is 0 Å². The first-order valence-electron chi connectivity index (χ1n) is 6.86. The Hall–Kier alpha value is -1.10. The fourth-order valence-electron chi connectivity index (χ4n) is 2.69. The topological polar surface area (TPSA) is 52.9 Å². The van der Waals surface area contributed by atoms with Gasteiger partial charge in [-0.2, -0.15) is 0 Å². The average molecular weight is 265 g/mol. The number of aliphatic hydroxyl groups excluding tert-OH is 2. The summed E-state index contributed by atoms with van der Waals surface area (Å²) in [5.74, 6) is 0.823. The van der Waals surface area contributed by atoms with E-state index in [9.17, 15) is 5.11 Å². The molecule has 1 aromatic carbocycles. The summed E-state index contributed by atoms with van der Waals surface area (Å²) in [6.45, 7) is 7.99. The fourth-order valence-corrected chi connectivity index (χ4v) is 2.69. The third-order valence-corrected chi connectivity index (χ3v) is 4.05. The molecule has 0 radical (unpaired) electrons. The van der Waals surface area contributed by atoms with Gasteiger partial charge < -0.3 is 14.9 Å². The van der Waals surface area contributed by atoms with E-state index in [1.807, 2.05) is 32.9 Å². The van der Waals surface area contributed by atoms with Gasteiger partial charge in [-0.15, -0.1) is 0 Å². The van der Waals surface area contributed by atoms with E-state index >= 15 is 0 Å². The molecule has 2 unspecified atom stereocenters. The molecule has 2 atom stereocenters. The van der Waals surface area contributed by atoms with Crippen molar-refractivity contribution >= 4 is 0 Å². The van der Waals surface area contributed by atoms with Crippen molar-refractivity contribution in [3.05, 3.63) is 28.8 Å². The first-order chi connectivity index (χ1) is 9.10. The van der Waals surface area contributed by atoms with E-state index in [4.69, 9.17) is 9.84 Å². The lowest BCUT2D eigenvalue weighted by atomic mass is 9.94. The number of likely N-dealkylation sites (N-methyl/N-ethyl adjacent to an activating group) is 1. The van der Waals surface area contributed by atoms with Crippen LogP contribution in [0.5, 0.6) is 5.75 Å². The quantitative estimate of drug-likeness (QED) is 0.864. The summed E-state index contributed by atoms with van der Waals surface area (Å²) >= 11 is 0. The van der Waals surface area contributed by atoms with Gasteiger partial charge in [0.2, 0.25) is 0 Å². The van der Waals surface area contributed by atoms with Crippen molar-refractivity contribution in [1.29, 1.82) is 0 Å². The summed E-state index contributed by atoms with van der Waals surface area (Å²) in [7, 11) is 0. The van der Waals surface area contributed by atoms with E-state index in [2.05, 4.69) is 4.90 Å². The summed E-state index contributed by atoms with van der Waals surface area (Å²) in [6, 6.07) is 3.87. The molecule has 2 rings (SSSR count). The second-order valence-electron chi connectivity index (χ2n) is 5.10. The molecule has 0 aliphatic carbocycles. The van der Waals surface area contributed by atoms with Crippen LogP contribution in [-0.2, 0) is 0 Å². The summed E-state index contributed by atoms with van der Waals surface area (Å²) in [4.78, 5) is 2.06. The zero-order valence-corrected chi connectivity index (χ0v) is 11.9. The monoisotopic (exact) mass is 265 g/mol. The molecule has 0 saturated heterocycles. The van der Waals surface area contributed by atoms with Crippen LogP contribution in [-0.4, -0.2) is 47.5 Å². The number of ether oxygens (including phenoxy) is 1. The van der Waals surface area contributed by atoms with Gasteiger partial charge in [0.25, 0.3) is 0 Å². The second kappa shape index (κ2) is 5.90. The average Bonchev–Trinajstić information content (AvgIpc) is 2.41. The van der Waals surface area contributed by atoms with Gasteiger partial charge >= 0.3 is 0 Å². The summed E-state index contributed by atoms with van der Waals surface area (Å²) in [5.41, 5.74) is 3.13. The van der Waals surface area contributed by atoms with Gasteiger partial charge in [-0.05, 0) is 31.5 Å². The molecule has 0 spiro atoms. The number of fused-ring (bicyclic) bond motifs is 1. The molecule has 0 aromatic heterocycles. The standard InChI is InChI=1S/C15H23NO3/c1-4-16(7-8-17)13-9-19-15-11(3)10(2)5-6-12(15)14(13)18/h5-6,13-14,17-18H,4,7-9H2,1-3H3. The minimum absolute atomic E-state index is 0.0910. The molecule has 0 saturated carbocycles.